The fourth-order valence-corrected chi connectivity index (χ4v) is 4.23. The molecule has 2 heterocycles. The monoisotopic (exact) mass is 357 g/mol. The molecule has 2 fully saturated rings. The Morgan fingerprint density at radius 2 is 1.83 bits per heavy atom. The molecule has 1 atom stereocenters. The summed E-state index contributed by atoms with van der Waals surface area (Å²) in [5.74, 6) is -0.122. The molecule has 2 aliphatic heterocycles. The third-order valence-corrected chi connectivity index (χ3v) is 5.68. The number of amides is 1. The topological polar surface area (TPSA) is 64.6 Å². The molecule has 1 N–H and O–H groups in total. The lowest BCUT2D eigenvalue weighted by Gasteiger charge is -2.27. The van der Waals surface area contributed by atoms with Gasteiger partial charge >= 0.3 is 0 Å². The Labute approximate surface area is 149 Å². The third kappa shape index (κ3) is 6.37. The minimum absolute atomic E-state index is 0.0673. The van der Waals surface area contributed by atoms with Gasteiger partial charge in [0, 0.05) is 12.2 Å². The van der Waals surface area contributed by atoms with Gasteiger partial charge in [-0.1, -0.05) is 57.2 Å². The highest BCUT2D eigenvalue weighted by Gasteiger charge is 2.39. The standard InChI is InChI=1S/C18H31NO4S/c1-2-3-4-5-6-7-8-10-18(22-11-12-23-18)14-16(20)19-15-9-13-24-17(15)21/h15H,2-14H2,1H3,(H,19,20). The zero-order chi connectivity index (χ0) is 17.3. The predicted molar refractivity (Wildman–Crippen MR) is 95.9 cm³/mol. The average Bonchev–Trinajstić information content (AvgIpc) is 3.17. The van der Waals surface area contributed by atoms with E-state index in [0.29, 0.717) is 13.2 Å². The van der Waals surface area contributed by atoms with Gasteiger partial charge in [-0.2, -0.15) is 0 Å². The minimum atomic E-state index is -0.775. The second-order valence-electron chi connectivity index (χ2n) is 6.73. The number of hydrogen-bond donors (Lipinski definition) is 1. The van der Waals surface area contributed by atoms with Crippen LogP contribution >= 0.6 is 11.8 Å². The maximum Gasteiger partial charge on any atom is 0.226 e. The second-order valence-corrected chi connectivity index (χ2v) is 7.83. The van der Waals surface area contributed by atoms with Crippen LogP contribution in [0.4, 0.5) is 0 Å². The number of hydrogen-bond acceptors (Lipinski definition) is 5. The quantitative estimate of drug-likeness (QED) is 0.574. The SMILES string of the molecule is CCCCCCCCCC1(CC(=O)NC2CCSC2=O)OCCO1. The molecule has 0 bridgehead atoms. The summed E-state index contributed by atoms with van der Waals surface area (Å²) in [5.41, 5.74) is 0. The molecule has 5 nitrogen and oxygen atoms in total. The van der Waals surface area contributed by atoms with E-state index in [9.17, 15) is 9.59 Å². The van der Waals surface area contributed by atoms with Gasteiger partial charge in [-0.15, -0.1) is 0 Å². The highest BCUT2D eigenvalue weighted by atomic mass is 32.2. The van der Waals surface area contributed by atoms with E-state index in [2.05, 4.69) is 12.2 Å². The molecule has 0 aromatic rings. The number of ether oxygens (including phenoxy) is 2. The molecular formula is C18H31NO4S. The van der Waals surface area contributed by atoms with Crippen molar-refractivity contribution in [3.05, 3.63) is 0 Å². The van der Waals surface area contributed by atoms with E-state index in [0.717, 1.165) is 31.4 Å². The molecule has 0 saturated carbocycles. The van der Waals surface area contributed by atoms with Gasteiger partial charge in [0.2, 0.25) is 11.0 Å². The molecule has 0 aromatic heterocycles. The average molecular weight is 358 g/mol. The minimum Gasteiger partial charge on any atom is -0.347 e. The molecule has 24 heavy (non-hydrogen) atoms. The summed E-state index contributed by atoms with van der Waals surface area (Å²) in [6.07, 6.45) is 10.2. The van der Waals surface area contributed by atoms with Crippen molar-refractivity contribution in [2.45, 2.75) is 83.0 Å². The summed E-state index contributed by atoms with van der Waals surface area (Å²) in [6, 6.07) is -0.334. The molecule has 6 heteroatoms. The molecule has 0 spiro atoms. The van der Waals surface area contributed by atoms with Crippen LogP contribution in [-0.4, -0.2) is 41.8 Å². The number of thioether (sulfide) groups is 1. The normalized spacial score (nSPS) is 22.9. The molecule has 1 unspecified atom stereocenters. The zero-order valence-electron chi connectivity index (χ0n) is 14.8. The van der Waals surface area contributed by atoms with E-state index in [1.165, 1.54) is 43.9 Å². The van der Waals surface area contributed by atoms with Gasteiger partial charge in [0.1, 0.15) is 0 Å². The van der Waals surface area contributed by atoms with E-state index in [1.807, 2.05) is 0 Å². The first-order valence-electron chi connectivity index (χ1n) is 9.39. The molecule has 0 aromatic carbocycles. The van der Waals surface area contributed by atoms with Crippen molar-refractivity contribution in [3.8, 4) is 0 Å². The lowest BCUT2D eigenvalue weighted by atomic mass is 10.0. The maximum atomic E-state index is 12.3. The Kier molecular flexibility index (Phi) is 8.56. The lowest BCUT2D eigenvalue weighted by molar-refractivity contribution is -0.174. The van der Waals surface area contributed by atoms with Gasteiger partial charge in [-0.05, 0) is 12.8 Å². The first kappa shape index (κ1) is 19.7. The summed E-state index contributed by atoms with van der Waals surface area (Å²) in [7, 11) is 0. The van der Waals surface area contributed by atoms with Crippen molar-refractivity contribution in [1.29, 1.82) is 0 Å². The Balaban J connectivity index is 1.69. The third-order valence-electron chi connectivity index (χ3n) is 4.68. The van der Waals surface area contributed by atoms with Crippen LogP contribution in [-0.2, 0) is 19.1 Å². The summed E-state index contributed by atoms with van der Waals surface area (Å²) in [4.78, 5) is 23.9. The van der Waals surface area contributed by atoms with Crippen molar-refractivity contribution < 1.29 is 19.1 Å². The Bertz CT molecular complexity index is 410. The van der Waals surface area contributed by atoms with Crippen LogP contribution in [0.1, 0.15) is 71.1 Å². The van der Waals surface area contributed by atoms with Crippen LogP contribution < -0.4 is 5.32 Å². The van der Waals surface area contributed by atoms with Crippen molar-refractivity contribution >= 4 is 22.8 Å². The number of carbonyl (C=O) groups is 2. The Hall–Kier alpha value is -0.590. The van der Waals surface area contributed by atoms with E-state index < -0.39 is 5.79 Å². The van der Waals surface area contributed by atoms with E-state index in [1.54, 1.807) is 0 Å². The van der Waals surface area contributed by atoms with Crippen LogP contribution in [0, 0.1) is 0 Å². The van der Waals surface area contributed by atoms with Crippen molar-refractivity contribution in [1.82, 2.24) is 5.32 Å². The van der Waals surface area contributed by atoms with E-state index in [-0.39, 0.29) is 23.5 Å². The van der Waals surface area contributed by atoms with Crippen LogP contribution in [0.15, 0.2) is 0 Å². The largest absolute Gasteiger partial charge is 0.347 e. The first-order chi connectivity index (χ1) is 11.7. The van der Waals surface area contributed by atoms with Gasteiger partial charge in [0.15, 0.2) is 5.79 Å². The number of unbranched alkanes of at least 4 members (excludes halogenated alkanes) is 6. The van der Waals surface area contributed by atoms with Gasteiger partial charge < -0.3 is 14.8 Å². The molecule has 2 rings (SSSR count). The predicted octanol–water partition coefficient (Wildman–Crippen LogP) is 3.41. The maximum absolute atomic E-state index is 12.3. The number of carbonyl (C=O) groups excluding carboxylic acids is 2. The van der Waals surface area contributed by atoms with Crippen molar-refractivity contribution in [2.24, 2.45) is 0 Å². The van der Waals surface area contributed by atoms with Crippen molar-refractivity contribution in [2.75, 3.05) is 19.0 Å². The molecule has 1 amide bonds. The van der Waals surface area contributed by atoms with Crippen LogP contribution in [0.2, 0.25) is 0 Å². The zero-order valence-corrected chi connectivity index (χ0v) is 15.6. The van der Waals surface area contributed by atoms with Crippen LogP contribution in [0.25, 0.3) is 0 Å². The van der Waals surface area contributed by atoms with Gasteiger partial charge in [0.05, 0.1) is 25.7 Å². The van der Waals surface area contributed by atoms with Crippen LogP contribution in [0.5, 0.6) is 0 Å². The summed E-state index contributed by atoms with van der Waals surface area (Å²) >= 11 is 1.30. The van der Waals surface area contributed by atoms with E-state index in [4.69, 9.17) is 9.47 Å². The summed E-state index contributed by atoms with van der Waals surface area (Å²) < 4.78 is 11.5. The molecule has 138 valence electrons. The smallest absolute Gasteiger partial charge is 0.226 e. The van der Waals surface area contributed by atoms with Gasteiger partial charge in [-0.25, -0.2) is 0 Å². The molecular weight excluding hydrogens is 326 g/mol. The highest BCUT2D eigenvalue weighted by Crippen LogP contribution is 2.30. The molecule has 2 saturated heterocycles. The fourth-order valence-electron chi connectivity index (χ4n) is 3.30. The Morgan fingerprint density at radius 3 is 2.46 bits per heavy atom. The summed E-state index contributed by atoms with van der Waals surface area (Å²) in [5, 5.41) is 2.90. The van der Waals surface area contributed by atoms with E-state index >= 15 is 0 Å². The highest BCUT2D eigenvalue weighted by molar-refractivity contribution is 8.14. The second kappa shape index (κ2) is 10.4. The molecule has 0 aliphatic carbocycles. The van der Waals surface area contributed by atoms with Crippen molar-refractivity contribution in [3.63, 3.8) is 0 Å². The lowest BCUT2D eigenvalue weighted by Crippen LogP contribution is -2.43. The fraction of sp³-hybridized carbons (Fsp3) is 0.889. The Morgan fingerprint density at radius 1 is 1.17 bits per heavy atom. The molecule has 2 aliphatic rings. The number of nitrogens with one attached hydrogen (secondary N) is 1. The van der Waals surface area contributed by atoms with Crippen LogP contribution in [0.3, 0.4) is 0 Å². The number of rotatable bonds is 11. The first-order valence-corrected chi connectivity index (χ1v) is 10.4. The van der Waals surface area contributed by atoms with Gasteiger partial charge in [-0.3, -0.25) is 9.59 Å². The van der Waals surface area contributed by atoms with Gasteiger partial charge in [0.25, 0.3) is 0 Å². The summed E-state index contributed by atoms with van der Waals surface area (Å²) in [6.45, 7) is 3.31. The molecule has 0 radical (unpaired) electrons.